The minimum Gasteiger partial charge on any atom is -0.508 e. The molecule has 0 aromatic heterocycles. The molecule has 0 aliphatic rings. The molecule has 0 amide bonds. The summed E-state index contributed by atoms with van der Waals surface area (Å²) in [4.78, 5) is 0. The molecule has 1 aromatic carbocycles. The van der Waals surface area contributed by atoms with Gasteiger partial charge in [-0.3, -0.25) is 0 Å². The first-order valence-corrected chi connectivity index (χ1v) is 5.68. The molecule has 84 valence electrons. The first-order valence-electron chi connectivity index (χ1n) is 5.68. The Morgan fingerprint density at radius 3 is 2.67 bits per heavy atom. The molecular formula is C13H21NO. The average Bonchev–Trinajstić information content (AvgIpc) is 2.25. The highest BCUT2D eigenvalue weighted by atomic mass is 16.3. The van der Waals surface area contributed by atoms with Crippen molar-refractivity contribution in [3.05, 3.63) is 29.8 Å². The van der Waals surface area contributed by atoms with E-state index < -0.39 is 0 Å². The highest BCUT2D eigenvalue weighted by Crippen LogP contribution is 2.24. The summed E-state index contributed by atoms with van der Waals surface area (Å²) in [5, 5.41) is 9.36. The second kappa shape index (κ2) is 5.76. The molecule has 0 saturated carbocycles. The summed E-state index contributed by atoms with van der Waals surface area (Å²) in [5.41, 5.74) is 7.07. The van der Waals surface area contributed by atoms with Gasteiger partial charge in [0.2, 0.25) is 0 Å². The first kappa shape index (κ1) is 12.1. The van der Waals surface area contributed by atoms with Crippen molar-refractivity contribution in [3.8, 4) is 5.75 Å². The van der Waals surface area contributed by atoms with Gasteiger partial charge in [0.25, 0.3) is 0 Å². The zero-order valence-electron chi connectivity index (χ0n) is 9.61. The minimum absolute atomic E-state index is 0.310. The lowest BCUT2D eigenvalue weighted by atomic mass is 9.94. The van der Waals surface area contributed by atoms with Crippen molar-refractivity contribution in [2.24, 2.45) is 5.73 Å². The SMILES string of the molecule is CCC(N)CCC(C)c1cccc(O)c1. The van der Waals surface area contributed by atoms with Gasteiger partial charge in [-0.05, 0) is 42.9 Å². The summed E-state index contributed by atoms with van der Waals surface area (Å²) in [6, 6.07) is 7.79. The summed E-state index contributed by atoms with van der Waals surface area (Å²) in [5.74, 6) is 0.814. The van der Waals surface area contributed by atoms with E-state index >= 15 is 0 Å². The van der Waals surface area contributed by atoms with Crippen molar-refractivity contribution in [1.29, 1.82) is 0 Å². The van der Waals surface area contributed by atoms with Crippen molar-refractivity contribution < 1.29 is 5.11 Å². The van der Waals surface area contributed by atoms with E-state index in [1.54, 1.807) is 6.07 Å². The van der Waals surface area contributed by atoms with Gasteiger partial charge in [0.15, 0.2) is 0 Å². The fourth-order valence-electron chi connectivity index (χ4n) is 1.67. The van der Waals surface area contributed by atoms with Gasteiger partial charge in [-0.25, -0.2) is 0 Å². The van der Waals surface area contributed by atoms with Crippen LogP contribution in [-0.4, -0.2) is 11.1 Å². The summed E-state index contributed by atoms with van der Waals surface area (Å²) < 4.78 is 0. The average molecular weight is 207 g/mol. The van der Waals surface area contributed by atoms with E-state index in [-0.39, 0.29) is 0 Å². The molecule has 1 aromatic rings. The van der Waals surface area contributed by atoms with Gasteiger partial charge in [-0.2, -0.15) is 0 Å². The van der Waals surface area contributed by atoms with E-state index in [0.717, 1.165) is 19.3 Å². The minimum atomic E-state index is 0.310. The number of hydrogen-bond donors (Lipinski definition) is 2. The number of nitrogens with two attached hydrogens (primary N) is 1. The summed E-state index contributed by atoms with van der Waals surface area (Å²) in [6.07, 6.45) is 3.17. The largest absolute Gasteiger partial charge is 0.508 e. The van der Waals surface area contributed by atoms with Crippen LogP contribution in [0, 0.1) is 0 Å². The second-order valence-corrected chi connectivity index (χ2v) is 4.24. The van der Waals surface area contributed by atoms with Crippen molar-refractivity contribution in [3.63, 3.8) is 0 Å². The number of rotatable bonds is 5. The molecule has 2 atom stereocenters. The number of benzene rings is 1. The van der Waals surface area contributed by atoms with Crippen LogP contribution < -0.4 is 5.73 Å². The normalized spacial score (nSPS) is 14.9. The third-order valence-electron chi connectivity index (χ3n) is 2.93. The fraction of sp³-hybridized carbons (Fsp3) is 0.538. The third-order valence-corrected chi connectivity index (χ3v) is 2.93. The Morgan fingerprint density at radius 1 is 1.33 bits per heavy atom. The monoisotopic (exact) mass is 207 g/mol. The number of aromatic hydroxyl groups is 1. The summed E-state index contributed by atoms with van der Waals surface area (Å²) in [7, 11) is 0. The molecule has 0 spiro atoms. The zero-order chi connectivity index (χ0) is 11.3. The maximum Gasteiger partial charge on any atom is 0.115 e. The Hall–Kier alpha value is -1.02. The lowest BCUT2D eigenvalue weighted by Crippen LogP contribution is -2.18. The lowest BCUT2D eigenvalue weighted by molar-refractivity contribution is 0.472. The van der Waals surface area contributed by atoms with Crippen molar-refractivity contribution in [1.82, 2.24) is 0 Å². The molecule has 0 fully saturated rings. The molecule has 0 aliphatic carbocycles. The molecule has 15 heavy (non-hydrogen) atoms. The quantitative estimate of drug-likeness (QED) is 0.779. The Bertz CT molecular complexity index is 298. The highest BCUT2D eigenvalue weighted by Gasteiger charge is 2.08. The van der Waals surface area contributed by atoms with Gasteiger partial charge in [-0.15, -0.1) is 0 Å². The Kier molecular flexibility index (Phi) is 4.63. The zero-order valence-corrected chi connectivity index (χ0v) is 9.61. The molecule has 0 bridgehead atoms. The van der Waals surface area contributed by atoms with Crippen LogP contribution in [0.15, 0.2) is 24.3 Å². The van der Waals surface area contributed by atoms with Gasteiger partial charge in [0.05, 0.1) is 0 Å². The fourth-order valence-corrected chi connectivity index (χ4v) is 1.67. The number of phenols is 1. The smallest absolute Gasteiger partial charge is 0.115 e. The molecule has 0 aliphatic heterocycles. The van der Waals surface area contributed by atoms with Crippen LogP contribution in [0.4, 0.5) is 0 Å². The van der Waals surface area contributed by atoms with Crippen LogP contribution in [0.25, 0.3) is 0 Å². The lowest BCUT2D eigenvalue weighted by Gasteiger charge is -2.14. The highest BCUT2D eigenvalue weighted by molar-refractivity contribution is 5.29. The molecule has 2 nitrogen and oxygen atoms in total. The molecular weight excluding hydrogens is 186 g/mol. The number of hydrogen-bond acceptors (Lipinski definition) is 2. The van der Waals surface area contributed by atoms with E-state index in [1.165, 1.54) is 5.56 Å². The predicted octanol–water partition coefficient (Wildman–Crippen LogP) is 3.01. The second-order valence-electron chi connectivity index (χ2n) is 4.24. The van der Waals surface area contributed by atoms with E-state index in [9.17, 15) is 5.11 Å². The summed E-state index contributed by atoms with van der Waals surface area (Å²) >= 11 is 0. The molecule has 0 radical (unpaired) electrons. The van der Waals surface area contributed by atoms with E-state index in [2.05, 4.69) is 19.9 Å². The Labute approximate surface area is 92.1 Å². The van der Waals surface area contributed by atoms with Crippen molar-refractivity contribution >= 4 is 0 Å². The van der Waals surface area contributed by atoms with Crippen LogP contribution in [-0.2, 0) is 0 Å². The van der Waals surface area contributed by atoms with Gasteiger partial charge in [-0.1, -0.05) is 26.0 Å². The van der Waals surface area contributed by atoms with E-state index in [1.807, 2.05) is 12.1 Å². The van der Waals surface area contributed by atoms with Crippen LogP contribution in [0.1, 0.15) is 44.6 Å². The Morgan fingerprint density at radius 2 is 2.07 bits per heavy atom. The summed E-state index contributed by atoms with van der Waals surface area (Å²) in [6.45, 7) is 4.29. The van der Waals surface area contributed by atoms with Crippen LogP contribution in [0.2, 0.25) is 0 Å². The van der Waals surface area contributed by atoms with Gasteiger partial charge < -0.3 is 10.8 Å². The first-order chi connectivity index (χ1) is 7.13. The topological polar surface area (TPSA) is 46.2 Å². The molecule has 0 heterocycles. The van der Waals surface area contributed by atoms with Gasteiger partial charge >= 0.3 is 0 Å². The van der Waals surface area contributed by atoms with E-state index in [4.69, 9.17) is 5.73 Å². The van der Waals surface area contributed by atoms with Crippen LogP contribution in [0.3, 0.4) is 0 Å². The van der Waals surface area contributed by atoms with Crippen molar-refractivity contribution in [2.75, 3.05) is 0 Å². The standard InChI is InChI=1S/C13H21NO/c1-3-12(14)8-7-10(2)11-5-4-6-13(15)9-11/h4-6,9-10,12,15H,3,7-8,14H2,1-2H3. The van der Waals surface area contributed by atoms with Gasteiger partial charge in [0, 0.05) is 6.04 Å². The van der Waals surface area contributed by atoms with Crippen molar-refractivity contribution in [2.45, 2.75) is 45.1 Å². The maximum absolute atomic E-state index is 9.36. The molecule has 3 N–H and O–H groups in total. The predicted molar refractivity (Wildman–Crippen MR) is 64.0 cm³/mol. The third kappa shape index (κ3) is 3.92. The van der Waals surface area contributed by atoms with E-state index in [0.29, 0.717) is 17.7 Å². The molecule has 0 saturated heterocycles. The molecule has 1 rings (SSSR count). The van der Waals surface area contributed by atoms with Crippen LogP contribution >= 0.6 is 0 Å². The molecule has 2 unspecified atom stereocenters. The van der Waals surface area contributed by atoms with Gasteiger partial charge in [0.1, 0.15) is 5.75 Å². The molecule has 2 heteroatoms. The number of phenolic OH excluding ortho intramolecular Hbond substituents is 1. The maximum atomic E-state index is 9.36. The Balaban J connectivity index is 2.50. The van der Waals surface area contributed by atoms with Crippen LogP contribution in [0.5, 0.6) is 5.75 Å².